The van der Waals surface area contributed by atoms with E-state index in [9.17, 15) is 9.59 Å². The number of hydrogen-bond donors (Lipinski definition) is 2. The number of aromatic carboxylic acids is 1. The van der Waals surface area contributed by atoms with Crippen molar-refractivity contribution in [3.63, 3.8) is 0 Å². The van der Waals surface area contributed by atoms with Crippen LogP contribution in [0.15, 0.2) is 34.2 Å². The third-order valence-electron chi connectivity index (χ3n) is 3.19. The van der Waals surface area contributed by atoms with E-state index < -0.39 is 5.97 Å². The van der Waals surface area contributed by atoms with E-state index in [1.54, 1.807) is 24.3 Å². The summed E-state index contributed by atoms with van der Waals surface area (Å²) in [6.45, 7) is 1.96. The molecule has 6 heteroatoms. The Bertz CT molecular complexity index is 708. The fraction of sp³-hybridized carbons (Fsp3) is 0.267. The normalized spacial score (nSPS) is 10.6. The first-order valence-electron chi connectivity index (χ1n) is 6.53. The van der Waals surface area contributed by atoms with Gasteiger partial charge in [0.15, 0.2) is 5.16 Å². The molecule has 0 aliphatic carbocycles. The van der Waals surface area contributed by atoms with E-state index in [0.717, 1.165) is 11.3 Å². The van der Waals surface area contributed by atoms with E-state index in [1.807, 2.05) is 13.2 Å². The van der Waals surface area contributed by atoms with Crippen LogP contribution >= 0.6 is 11.8 Å². The maximum Gasteiger partial charge on any atom is 0.335 e. The second-order valence-electron chi connectivity index (χ2n) is 4.53. The highest BCUT2D eigenvalue weighted by molar-refractivity contribution is 7.98. The molecule has 0 amide bonds. The summed E-state index contributed by atoms with van der Waals surface area (Å²) in [4.78, 5) is 30.2. The third kappa shape index (κ3) is 3.52. The highest BCUT2D eigenvalue weighted by Gasteiger charge is 2.11. The van der Waals surface area contributed by atoms with Crippen LogP contribution in [0, 0.1) is 0 Å². The van der Waals surface area contributed by atoms with E-state index >= 15 is 0 Å². The molecule has 0 radical (unpaired) electrons. The maximum absolute atomic E-state index is 12.2. The van der Waals surface area contributed by atoms with Crippen molar-refractivity contribution in [1.29, 1.82) is 0 Å². The highest BCUT2D eigenvalue weighted by atomic mass is 32.2. The molecule has 0 saturated carbocycles. The number of nitrogens with one attached hydrogen (secondary N) is 1. The maximum atomic E-state index is 12.2. The Balaban J connectivity index is 2.34. The van der Waals surface area contributed by atoms with E-state index in [4.69, 9.17) is 5.11 Å². The number of aryl methyl sites for hydroxylation is 1. The van der Waals surface area contributed by atoms with Gasteiger partial charge in [0.1, 0.15) is 0 Å². The van der Waals surface area contributed by atoms with Crippen molar-refractivity contribution in [3.8, 4) is 0 Å². The fourth-order valence-corrected chi connectivity index (χ4v) is 2.46. The number of aromatic amines is 1. The predicted molar refractivity (Wildman–Crippen MR) is 82.2 cm³/mol. The first-order valence-corrected chi connectivity index (χ1v) is 7.76. The zero-order valence-corrected chi connectivity index (χ0v) is 12.7. The lowest BCUT2D eigenvalue weighted by atomic mass is 10.0. The summed E-state index contributed by atoms with van der Waals surface area (Å²) in [7, 11) is 0. The Kier molecular flexibility index (Phi) is 4.80. The largest absolute Gasteiger partial charge is 0.478 e. The number of benzene rings is 1. The predicted octanol–water partition coefficient (Wildman–Crippen LogP) is 2.34. The average Bonchev–Trinajstić information content (AvgIpc) is 2.49. The smallest absolute Gasteiger partial charge is 0.335 e. The number of nitrogens with zero attached hydrogens (tertiary/aromatic N) is 1. The zero-order valence-electron chi connectivity index (χ0n) is 11.8. The molecule has 0 fully saturated rings. The van der Waals surface area contributed by atoms with Crippen LogP contribution in [0.3, 0.4) is 0 Å². The van der Waals surface area contributed by atoms with Crippen LogP contribution in [0.2, 0.25) is 0 Å². The second-order valence-corrected chi connectivity index (χ2v) is 5.33. The van der Waals surface area contributed by atoms with E-state index in [-0.39, 0.29) is 11.1 Å². The molecule has 0 spiro atoms. The van der Waals surface area contributed by atoms with Gasteiger partial charge in [0.05, 0.1) is 11.3 Å². The Morgan fingerprint density at radius 1 is 1.33 bits per heavy atom. The van der Waals surface area contributed by atoms with Crippen molar-refractivity contribution >= 4 is 17.7 Å². The topological polar surface area (TPSA) is 83.0 Å². The molecule has 5 nitrogen and oxygen atoms in total. The molecule has 0 atom stereocenters. The number of hydrogen-bond acceptors (Lipinski definition) is 4. The highest BCUT2D eigenvalue weighted by Crippen LogP contribution is 2.14. The minimum atomic E-state index is -0.959. The van der Waals surface area contributed by atoms with Gasteiger partial charge in [0.25, 0.3) is 5.56 Å². The molecule has 2 N–H and O–H groups in total. The monoisotopic (exact) mass is 304 g/mol. The van der Waals surface area contributed by atoms with Crippen LogP contribution in [0.4, 0.5) is 0 Å². The molecule has 0 aliphatic heterocycles. The standard InChI is InChI=1S/C15H16N2O3S/c1-3-12-11(13(18)17-15(16-12)21-2)8-9-4-6-10(7-5-9)14(19)20/h4-7H,3,8H2,1-2H3,(H,19,20)(H,16,17,18). The number of aromatic nitrogens is 2. The Morgan fingerprint density at radius 2 is 2.00 bits per heavy atom. The molecule has 21 heavy (non-hydrogen) atoms. The van der Waals surface area contributed by atoms with Gasteiger partial charge in [-0.1, -0.05) is 30.8 Å². The van der Waals surface area contributed by atoms with E-state index in [0.29, 0.717) is 23.6 Å². The van der Waals surface area contributed by atoms with Crippen molar-refractivity contribution in [2.45, 2.75) is 24.9 Å². The first kappa shape index (κ1) is 15.3. The summed E-state index contributed by atoms with van der Waals surface area (Å²) in [5.74, 6) is -0.959. The first-order chi connectivity index (χ1) is 10.0. The number of carbonyl (C=O) groups is 1. The van der Waals surface area contributed by atoms with Crippen molar-refractivity contribution in [3.05, 3.63) is 57.0 Å². The Hall–Kier alpha value is -2.08. The summed E-state index contributed by atoms with van der Waals surface area (Å²) in [6.07, 6.45) is 2.99. The number of thioether (sulfide) groups is 1. The number of carboxylic acid groups (broad SMARTS) is 1. The average molecular weight is 304 g/mol. The lowest BCUT2D eigenvalue weighted by Gasteiger charge is -2.08. The van der Waals surface area contributed by atoms with Gasteiger partial charge in [-0.15, -0.1) is 0 Å². The summed E-state index contributed by atoms with van der Waals surface area (Å²) in [6, 6.07) is 6.54. The minimum absolute atomic E-state index is 0.131. The minimum Gasteiger partial charge on any atom is -0.478 e. The van der Waals surface area contributed by atoms with Gasteiger partial charge in [0.2, 0.25) is 0 Å². The molecule has 0 unspecified atom stereocenters. The van der Waals surface area contributed by atoms with Crippen molar-refractivity contribution in [1.82, 2.24) is 9.97 Å². The van der Waals surface area contributed by atoms with Gasteiger partial charge in [-0.3, -0.25) is 4.79 Å². The zero-order chi connectivity index (χ0) is 15.4. The second kappa shape index (κ2) is 6.58. The lowest BCUT2D eigenvalue weighted by Crippen LogP contribution is -2.18. The molecule has 2 rings (SSSR count). The van der Waals surface area contributed by atoms with E-state index in [2.05, 4.69) is 9.97 Å². The Morgan fingerprint density at radius 3 is 2.52 bits per heavy atom. The van der Waals surface area contributed by atoms with Gasteiger partial charge >= 0.3 is 5.97 Å². The molecule has 1 aromatic carbocycles. The SMILES string of the molecule is CCc1nc(SC)[nH]c(=O)c1Cc1ccc(C(=O)O)cc1. The van der Waals surface area contributed by atoms with Crippen LogP contribution < -0.4 is 5.56 Å². The fourth-order valence-electron chi connectivity index (χ4n) is 2.06. The molecule has 1 heterocycles. The molecule has 0 saturated heterocycles. The third-order valence-corrected chi connectivity index (χ3v) is 3.77. The number of carboxylic acids is 1. The van der Waals surface area contributed by atoms with Gasteiger partial charge in [-0.25, -0.2) is 9.78 Å². The molecular formula is C15H16N2O3S. The summed E-state index contributed by atoms with van der Waals surface area (Å²) >= 11 is 1.40. The van der Waals surface area contributed by atoms with Crippen molar-refractivity contribution in [2.75, 3.05) is 6.26 Å². The van der Waals surface area contributed by atoms with Gasteiger partial charge in [-0.05, 0) is 30.4 Å². The van der Waals surface area contributed by atoms with Crippen LogP contribution in [-0.2, 0) is 12.8 Å². The van der Waals surface area contributed by atoms with Crippen LogP contribution in [0.25, 0.3) is 0 Å². The van der Waals surface area contributed by atoms with E-state index in [1.165, 1.54) is 11.8 Å². The van der Waals surface area contributed by atoms with Gasteiger partial charge in [0, 0.05) is 12.0 Å². The quantitative estimate of drug-likeness (QED) is 0.654. The summed E-state index contributed by atoms with van der Waals surface area (Å²) < 4.78 is 0. The molecule has 1 aromatic heterocycles. The number of H-pyrrole nitrogens is 1. The number of rotatable bonds is 5. The van der Waals surface area contributed by atoms with Crippen LogP contribution in [0.1, 0.15) is 34.1 Å². The summed E-state index contributed by atoms with van der Waals surface area (Å²) in [5.41, 5.74) is 2.41. The molecule has 0 aliphatic rings. The van der Waals surface area contributed by atoms with Crippen LogP contribution in [-0.4, -0.2) is 27.3 Å². The molecule has 110 valence electrons. The molecule has 2 aromatic rings. The lowest BCUT2D eigenvalue weighted by molar-refractivity contribution is 0.0697. The van der Waals surface area contributed by atoms with Crippen molar-refractivity contribution < 1.29 is 9.90 Å². The van der Waals surface area contributed by atoms with Crippen molar-refractivity contribution in [2.24, 2.45) is 0 Å². The van der Waals surface area contributed by atoms with Gasteiger partial charge < -0.3 is 10.1 Å². The van der Waals surface area contributed by atoms with Crippen LogP contribution in [0.5, 0.6) is 0 Å². The molecule has 0 bridgehead atoms. The molecular weight excluding hydrogens is 288 g/mol. The summed E-state index contributed by atoms with van der Waals surface area (Å²) in [5, 5.41) is 9.49. The Labute approximate surface area is 126 Å². The van der Waals surface area contributed by atoms with Gasteiger partial charge in [-0.2, -0.15) is 0 Å².